The Morgan fingerprint density at radius 3 is 2.13 bits per heavy atom. The summed E-state index contributed by atoms with van der Waals surface area (Å²) < 4.78 is 72.1. The average molecular weight is 559 g/mol. The molecule has 7 nitrogen and oxygen atoms in total. The largest absolute Gasteiger partial charge is 0.503 e. The van der Waals surface area contributed by atoms with Crippen molar-refractivity contribution in [3.05, 3.63) is 71.9 Å². The molecule has 2 heterocycles. The summed E-state index contributed by atoms with van der Waals surface area (Å²) in [5.41, 5.74) is -6.50. The van der Waals surface area contributed by atoms with Crippen molar-refractivity contribution in [3.63, 3.8) is 0 Å². The van der Waals surface area contributed by atoms with E-state index in [9.17, 15) is 26.9 Å². The average Bonchev–Trinajstić information content (AvgIpc) is 2.89. The molecule has 4 rings (SSSR count). The van der Waals surface area contributed by atoms with Gasteiger partial charge in [0.1, 0.15) is 17.6 Å². The van der Waals surface area contributed by atoms with Gasteiger partial charge in [-0.1, -0.05) is 44.2 Å². The van der Waals surface area contributed by atoms with Crippen molar-refractivity contribution in [2.75, 3.05) is 39.8 Å². The van der Waals surface area contributed by atoms with Gasteiger partial charge in [0.25, 0.3) is 9.84 Å². The van der Waals surface area contributed by atoms with Crippen molar-refractivity contribution in [2.45, 2.75) is 29.8 Å². The molecule has 0 N–H and O–H groups in total. The van der Waals surface area contributed by atoms with Crippen molar-refractivity contribution >= 4 is 9.84 Å². The highest BCUT2D eigenvalue weighted by atomic mass is 32.2. The summed E-state index contributed by atoms with van der Waals surface area (Å²) in [7, 11) is -3.89. The van der Waals surface area contributed by atoms with Crippen LogP contribution in [0.5, 0.6) is 11.5 Å². The number of pyridine rings is 1. The van der Waals surface area contributed by atoms with Gasteiger partial charge in [-0.15, -0.1) is 0 Å². The number of sulfone groups is 1. The number of likely N-dealkylation sites (N-methyl/N-ethyl adjacent to an activating group) is 1. The number of hydrogen-bond acceptors (Lipinski definition) is 7. The lowest BCUT2D eigenvalue weighted by Gasteiger charge is -2.37. The maximum atomic E-state index is 13.7. The van der Waals surface area contributed by atoms with Gasteiger partial charge < -0.3 is 9.64 Å². The van der Waals surface area contributed by atoms with Crippen LogP contribution in [0, 0.1) is 11.3 Å². The molecular formula is C28H29F3N4O3S. The van der Waals surface area contributed by atoms with Gasteiger partial charge in [-0.25, -0.2) is 13.4 Å². The van der Waals surface area contributed by atoms with Gasteiger partial charge >= 0.3 is 5.51 Å². The fourth-order valence-electron chi connectivity index (χ4n) is 4.48. The fourth-order valence-corrected chi connectivity index (χ4v) is 5.34. The Balaban J connectivity index is 1.80. The summed E-state index contributed by atoms with van der Waals surface area (Å²) >= 11 is 0. The molecule has 206 valence electrons. The van der Waals surface area contributed by atoms with Crippen molar-refractivity contribution < 1.29 is 26.3 Å². The van der Waals surface area contributed by atoms with E-state index in [0.717, 1.165) is 26.2 Å². The highest BCUT2D eigenvalue weighted by Gasteiger charge is 2.50. The number of para-hydroxylation sites is 1. The number of hydrogen-bond donors (Lipinski definition) is 0. The van der Waals surface area contributed by atoms with E-state index in [1.807, 2.05) is 39.1 Å². The first-order valence-electron chi connectivity index (χ1n) is 12.3. The van der Waals surface area contributed by atoms with Crippen LogP contribution in [-0.2, 0) is 15.3 Å². The van der Waals surface area contributed by atoms with Crippen molar-refractivity contribution in [1.29, 1.82) is 5.26 Å². The number of halogens is 3. The van der Waals surface area contributed by atoms with E-state index in [2.05, 4.69) is 14.8 Å². The smallest absolute Gasteiger partial charge is 0.457 e. The van der Waals surface area contributed by atoms with Crippen molar-refractivity contribution in [3.8, 4) is 28.7 Å². The molecule has 1 aromatic heterocycles. The zero-order valence-corrected chi connectivity index (χ0v) is 22.7. The number of alkyl halides is 3. The predicted octanol–water partition coefficient (Wildman–Crippen LogP) is 5.23. The normalized spacial score (nSPS) is 15.6. The maximum absolute atomic E-state index is 13.7. The van der Waals surface area contributed by atoms with Crippen LogP contribution >= 0.6 is 0 Å². The molecule has 0 atom stereocenters. The molecule has 0 unspecified atom stereocenters. The lowest BCUT2D eigenvalue weighted by atomic mass is 9.85. The van der Waals surface area contributed by atoms with Crippen LogP contribution in [-0.4, -0.2) is 68.5 Å². The Hall–Kier alpha value is -3.46. The molecule has 0 saturated carbocycles. The summed E-state index contributed by atoms with van der Waals surface area (Å²) in [5, 5.41) is 8.58. The van der Waals surface area contributed by atoms with Crippen molar-refractivity contribution in [2.24, 2.45) is 0 Å². The number of nitriles is 1. The Kier molecular flexibility index (Phi) is 8.02. The third-order valence-electron chi connectivity index (χ3n) is 6.71. The minimum atomic E-state index is -5.90. The quantitative estimate of drug-likeness (QED) is 0.393. The molecule has 11 heteroatoms. The number of nitrogens with zero attached hydrogens (tertiary/aromatic N) is 4. The van der Waals surface area contributed by atoms with Crippen LogP contribution in [0.2, 0.25) is 0 Å². The van der Waals surface area contributed by atoms with Crippen LogP contribution in [0.3, 0.4) is 0 Å². The summed E-state index contributed by atoms with van der Waals surface area (Å²) in [4.78, 5) is 8.36. The van der Waals surface area contributed by atoms with Crippen LogP contribution in [0.15, 0.2) is 65.7 Å². The minimum Gasteiger partial charge on any atom is -0.457 e. The lowest BCUT2D eigenvalue weighted by Crippen LogP contribution is -2.48. The summed E-state index contributed by atoms with van der Waals surface area (Å²) in [6.07, 6.45) is 0. The SMILES string of the molecule is CN1CCN(CC(C)(C)c2cc(-c3ccc(Oc4ccccc4)cc3)c(C#N)c(S(=O)(=O)C(F)(F)F)n2)CC1. The van der Waals surface area contributed by atoms with Gasteiger partial charge in [-0.05, 0) is 42.9 Å². The zero-order valence-electron chi connectivity index (χ0n) is 21.9. The third kappa shape index (κ3) is 6.24. The van der Waals surface area contributed by atoms with Crippen LogP contribution in [0.4, 0.5) is 13.2 Å². The number of benzene rings is 2. The molecule has 39 heavy (non-hydrogen) atoms. The molecule has 0 aliphatic carbocycles. The second-order valence-electron chi connectivity index (χ2n) is 10.2. The Morgan fingerprint density at radius 2 is 1.56 bits per heavy atom. The van der Waals surface area contributed by atoms with E-state index in [-0.39, 0.29) is 11.3 Å². The van der Waals surface area contributed by atoms with Crippen LogP contribution < -0.4 is 4.74 Å². The van der Waals surface area contributed by atoms with E-state index in [0.29, 0.717) is 23.6 Å². The van der Waals surface area contributed by atoms with Gasteiger partial charge in [-0.3, -0.25) is 4.90 Å². The maximum Gasteiger partial charge on any atom is 0.503 e. The Bertz CT molecular complexity index is 1460. The molecule has 0 radical (unpaired) electrons. The second-order valence-corrected chi connectivity index (χ2v) is 12.1. The molecular weight excluding hydrogens is 529 g/mol. The van der Waals surface area contributed by atoms with Crippen LogP contribution in [0.25, 0.3) is 11.1 Å². The highest BCUT2D eigenvalue weighted by Crippen LogP contribution is 2.38. The number of piperazine rings is 1. The van der Waals surface area contributed by atoms with E-state index in [1.54, 1.807) is 42.5 Å². The Labute approximate surface area is 226 Å². The highest BCUT2D eigenvalue weighted by molar-refractivity contribution is 7.92. The fraction of sp³-hybridized carbons (Fsp3) is 0.357. The molecule has 1 saturated heterocycles. The second kappa shape index (κ2) is 11.0. The van der Waals surface area contributed by atoms with Crippen LogP contribution in [0.1, 0.15) is 25.1 Å². The van der Waals surface area contributed by atoms with E-state index in [1.165, 1.54) is 6.07 Å². The first-order chi connectivity index (χ1) is 18.3. The van der Waals surface area contributed by atoms with Gasteiger partial charge in [0, 0.05) is 49.4 Å². The minimum absolute atomic E-state index is 0.0584. The first-order valence-corrected chi connectivity index (χ1v) is 13.8. The van der Waals surface area contributed by atoms with E-state index < -0.39 is 31.3 Å². The summed E-state index contributed by atoms with van der Waals surface area (Å²) in [5.74, 6) is 1.06. The molecule has 1 fully saturated rings. The van der Waals surface area contributed by atoms with E-state index >= 15 is 0 Å². The van der Waals surface area contributed by atoms with E-state index in [4.69, 9.17) is 4.74 Å². The topological polar surface area (TPSA) is 86.5 Å². The molecule has 0 bridgehead atoms. The van der Waals surface area contributed by atoms with Crippen molar-refractivity contribution in [1.82, 2.24) is 14.8 Å². The summed E-state index contributed by atoms with van der Waals surface area (Å²) in [6.45, 7) is 7.28. The lowest BCUT2D eigenvalue weighted by molar-refractivity contribution is -0.0438. The number of ether oxygens (including phenoxy) is 1. The zero-order chi connectivity index (χ0) is 28.4. The van der Waals surface area contributed by atoms with Gasteiger partial charge in [0.15, 0.2) is 5.03 Å². The molecule has 1 aliphatic heterocycles. The molecule has 1 aliphatic rings. The van der Waals surface area contributed by atoms with Gasteiger partial charge in [0.05, 0.1) is 5.56 Å². The summed E-state index contributed by atoms with van der Waals surface area (Å²) in [6, 6.07) is 18.6. The predicted molar refractivity (Wildman–Crippen MR) is 141 cm³/mol. The molecule has 0 amide bonds. The van der Waals surface area contributed by atoms with Gasteiger partial charge in [-0.2, -0.15) is 18.4 Å². The Morgan fingerprint density at radius 1 is 0.974 bits per heavy atom. The molecule has 3 aromatic rings. The first kappa shape index (κ1) is 28.5. The third-order valence-corrected chi connectivity index (χ3v) is 8.12. The standard InChI is InChI=1S/C28H29F3N4O3S/c1-27(2,19-35-15-13-34(3)14-16-35)25-17-23(24(18-32)26(33-25)39(36,37)28(29,30)31)20-9-11-22(12-10-20)38-21-7-5-4-6-8-21/h4-12,17H,13-16,19H2,1-3H3. The number of rotatable bonds is 7. The molecule has 0 spiro atoms. The van der Waals surface area contributed by atoms with Gasteiger partial charge in [0.2, 0.25) is 0 Å². The molecule has 2 aromatic carbocycles. The number of aromatic nitrogens is 1. The monoisotopic (exact) mass is 558 g/mol.